The summed E-state index contributed by atoms with van der Waals surface area (Å²) in [4.78, 5) is 0. The van der Waals surface area contributed by atoms with Gasteiger partial charge in [-0.25, -0.2) is 0 Å². The molecule has 1 heterocycles. The Bertz CT molecular complexity index is 282. The molecule has 4 nitrogen and oxygen atoms in total. The normalized spacial score (nSPS) is 11.2. The topological polar surface area (TPSA) is 42.7 Å². The molecule has 0 aliphatic rings. The predicted octanol–water partition coefficient (Wildman–Crippen LogP) is 1.21. The van der Waals surface area contributed by atoms with E-state index in [1.54, 1.807) is 11.8 Å². The Kier molecular flexibility index (Phi) is 4.41. The fourth-order valence-electron chi connectivity index (χ4n) is 1.00. The van der Waals surface area contributed by atoms with Gasteiger partial charge in [0.25, 0.3) is 0 Å². The van der Waals surface area contributed by atoms with Crippen molar-refractivity contribution in [3.8, 4) is 0 Å². The zero-order chi connectivity index (χ0) is 10.6. The summed E-state index contributed by atoms with van der Waals surface area (Å²) < 4.78 is 2.01. The van der Waals surface area contributed by atoms with E-state index in [-0.39, 0.29) is 0 Å². The summed E-state index contributed by atoms with van der Waals surface area (Å²) in [6.07, 6.45) is 0. The van der Waals surface area contributed by atoms with E-state index in [0.717, 1.165) is 23.3 Å². The number of aryl methyl sites for hydroxylation is 1. The third-order valence-corrected chi connectivity index (χ3v) is 2.96. The number of hydrogen-bond acceptors (Lipinski definition) is 4. The van der Waals surface area contributed by atoms with E-state index < -0.39 is 0 Å². The van der Waals surface area contributed by atoms with Crippen molar-refractivity contribution in [3.63, 3.8) is 0 Å². The molecule has 0 aliphatic heterocycles. The van der Waals surface area contributed by atoms with Crippen LogP contribution in [0, 0.1) is 6.92 Å². The highest BCUT2D eigenvalue weighted by molar-refractivity contribution is 7.99. The van der Waals surface area contributed by atoms with Gasteiger partial charge >= 0.3 is 0 Å². The molecule has 0 radical (unpaired) electrons. The van der Waals surface area contributed by atoms with Crippen molar-refractivity contribution in [1.29, 1.82) is 0 Å². The largest absolute Gasteiger partial charge is 0.314 e. The highest BCUT2D eigenvalue weighted by Crippen LogP contribution is 2.13. The van der Waals surface area contributed by atoms with Crippen molar-refractivity contribution >= 4 is 11.8 Å². The summed E-state index contributed by atoms with van der Waals surface area (Å²) in [6, 6.07) is 0.553. The van der Waals surface area contributed by atoms with Gasteiger partial charge in [-0.2, -0.15) is 0 Å². The Morgan fingerprint density at radius 1 is 1.43 bits per heavy atom. The molecule has 1 aromatic rings. The first-order valence-corrected chi connectivity index (χ1v) is 5.82. The van der Waals surface area contributed by atoms with Gasteiger partial charge in [-0.1, -0.05) is 25.6 Å². The second kappa shape index (κ2) is 5.36. The molecule has 0 fully saturated rings. The van der Waals surface area contributed by atoms with Crippen LogP contribution in [0.5, 0.6) is 0 Å². The van der Waals surface area contributed by atoms with Crippen LogP contribution in [0.4, 0.5) is 0 Å². The molecule has 1 rings (SSSR count). The fourth-order valence-corrected chi connectivity index (χ4v) is 1.83. The zero-order valence-corrected chi connectivity index (χ0v) is 10.1. The molecule has 0 unspecified atom stereocenters. The van der Waals surface area contributed by atoms with Crippen molar-refractivity contribution in [3.05, 3.63) is 5.82 Å². The van der Waals surface area contributed by atoms with E-state index in [1.165, 1.54) is 0 Å². The van der Waals surface area contributed by atoms with Crippen LogP contribution in [0.1, 0.15) is 19.7 Å². The maximum absolute atomic E-state index is 4.08. The third-order valence-electron chi connectivity index (χ3n) is 1.94. The average molecular weight is 214 g/mol. The summed E-state index contributed by atoms with van der Waals surface area (Å²) in [5.41, 5.74) is 0. The SMILES string of the molecule is Cc1nnc(SCCNC(C)C)n1C. The van der Waals surface area contributed by atoms with Gasteiger partial charge in [-0.3, -0.25) is 0 Å². The summed E-state index contributed by atoms with van der Waals surface area (Å²) in [5.74, 6) is 1.99. The lowest BCUT2D eigenvalue weighted by atomic mass is 10.4. The smallest absolute Gasteiger partial charge is 0.190 e. The zero-order valence-electron chi connectivity index (χ0n) is 9.24. The quantitative estimate of drug-likeness (QED) is 0.591. The van der Waals surface area contributed by atoms with Crippen LogP contribution in [0.2, 0.25) is 0 Å². The van der Waals surface area contributed by atoms with Gasteiger partial charge in [0.2, 0.25) is 0 Å². The molecule has 0 atom stereocenters. The Balaban J connectivity index is 2.28. The molecule has 5 heteroatoms. The summed E-state index contributed by atoms with van der Waals surface area (Å²) >= 11 is 1.74. The van der Waals surface area contributed by atoms with Gasteiger partial charge in [0.1, 0.15) is 5.82 Å². The molecule has 1 aromatic heterocycles. The molecule has 14 heavy (non-hydrogen) atoms. The van der Waals surface area contributed by atoms with Gasteiger partial charge in [-0.05, 0) is 6.92 Å². The molecule has 0 bridgehead atoms. The van der Waals surface area contributed by atoms with E-state index in [0.29, 0.717) is 6.04 Å². The molecule has 0 spiro atoms. The Morgan fingerprint density at radius 3 is 2.64 bits per heavy atom. The van der Waals surface area contributed by atoms with Gasteiger partial charge in [0.05, 0.1) is 0 Å². The van der Waals surface area contributed by atoms with E-state index in [4.69, 9.17) is 0 Å². The monoisotopic (exact) mass is 214 g/mol. The first kappa shape index (κ1) is 11.5. The lowest BCUT2D eigenvalue weighted by molar-refractivity contribution is 0.615. The molecule has 0 aliphatic carbocycles. The van der Waals surface area contributed by atoms with Crippen LogP contribution in [-0.4, -0.2) is 33.1 Å². The van der Waals surface area contributed by atoms with Crippen molar-refractivity contribution in [2.45, 2.75) is 32.0 Å². The molecule has 0 amide bonds. The summed E-state index contributed by atoms with van der Waals surface area (Å²) in [5, 5.41) is 12.4. The average Bonchev–Trinajstić information content (AvgIpc) is 2.43. The van der Waals surface area contributed by atoms with E-state index >= 15 is 0 Å². The van der Waals surface area contributed by atoms with E-state index in [2.05, 4.69) is 29.4 Å². The van der Waals surface area contributed by atoms with Crippen LogP contribution in [0.15, 0.2) is 5.16 Å². The van der Waals surface area contributed by atoms with E-state index in [9.17, 15) is 0 Å². The molecule has 0 saturated heterocycles. The first-order valence-electron chi connectivity index (χ1n) is 4.83. The minimum absolute atomic E-state index is 0.553. The van der Waals surface area contributed by atoms with Crippen molar-refractivity contribution in [2.24, 2.45) is 7.05 Å². The van der Waals surface area contributed by atoms with E-state index in [1.807, 2.05) is 18.5 Å². The maximum atomic E-state index is 4.08. The van der Waals surface area contributed by atoms with Crippen LogP contribution in [0.25, 0.3) is 0 Å². The molecule has 0 aromatic carbocycles. The first-order chi connectivity index (χ1) is 6.61. The van der Waals surface area contributed by atoms with Crippen LogP contribution >= 0.6 is 11.8 Å². The minimum Gasteiger partial charge on any atom is -0.314 e. The van der Waals surface area contributed by atoms with Crippen molar-refractivity contribution < 1.29 is 0 Å². The predicted molar refractivity (Wildman–Crippen MR) is 59.6 cm³/mol. The highest BCUT2D eigenvalue weighted by Gasteiger charge is 2.04. The van der Waals surface area contributed by atoms with Crippen LogP contribution in [-0.2, 0) is 7.05 Å². The Labute approximate surface area is 89.5 Å². The highest BCUT2D eigenvalue weighted by atomic mass is 32.2. The fraction of sp³-hybridized carbons (Fsp3) is 0.778. The Morgan fingerprint density at radius 2 is 2.14 bits per heavy atom. The number of nitrogens with zero attached hydrogens (tertiary/aromatic N) is 3. The number of hydrogen-bond donors (Lipinski definition) is 1. The third kappa shape index (κ3) is 3.31. The second-order valence-electron chi connectivity index (χ2n) is 3.55. The van der Waals surface area contributed by atoms with Crippen LogP contribution in [0.3, 0.4) is 0 Å². The second-order valence-corrected chi connectivity index (χ2v) is 4.61. The molecule has 1 N–H and O–H groups in total. The molecule has 0 saturated carbocycles. The lowest BCUT2D eigenvalue weighted by Crippen LogP contribution is -2.25. The van der Waals surface area contributed by atoms with Crippen molar-refractivity contribution in [2.75, 3.05) is 12.3 Å². The van der Waals surface area contributed by atoms with Gasteiger partial charge in [-0.15, -0.1) is 10.2 Å². The summed E-state index contributed by atoms with van der Waals surface area (Å²) in [7, 11) is 1.99. The standard InChI is InChI=1S/C9H18N4S/c1-7(2)10-5-6-14-9-12-11-8(3)13(9)4/h7,10H,5-6H2,1-4H3. The van der Waals surface area contributed by atoms with Crippen molar-refractivity contribution in [1.82, 2.24) is 20.1 Å². The van der Waals surface area contributed by atoms with Gasteiger partial charge in [0.15, 0.2) is 5.16 Å². The number of thioether (sulfide) groups is 1. The van der Waals surface area contributed by atoms with Gasteiger partial charge in [0, 0.05) is 25.4 Å². The Hall–Kier alpha value is -0.550. The number of rotatable bonds is 5. The maximum Gasteiger partial charge on any atom is 0.190 e. The number of aromatic nitrogens is 3. The lowest BCUT2D eigenvalue weighted by Gasteiger charge is -2.06. The summed E-state index contributed by atoms with van der Waals surface area (Å²) in [6.45, 7) is 7.27. The minimum atomic E-state index is 0.553. The molecule has 80 valence electrons. The van der Waals surface area contributed by atoms with Crippen LogP contribution < -0.4 is 5.32 Å². The van der Waals surface area contributed by atoms with Gasteiger partial charge < -0.3 is 9.88 Å². The molecular formula is C9H18N4S. The number of nitrogens with one attached hydrogen (secondary N) is 1. The molecular weight excluding hydrogens is 196 g/mol.